The number of pyridine rings is 1. The Morgan fingerprint density at radius 1 is 1.33 bits per heavy atom. The summed E-state index contributed by atoms with van der Waals surface area (Å²) in [7, 11) is -1.32. The molecule has 2 rings (SSSR count). The van der Waals surface area contributed by atoms with E-state index in [1.165, 1.54) is 0 Å². The van der Waals surface area contributed by atoms with E-state index in [0.717, 1.165) is 38.2 Å². The van der Waals surface area contributed by atoms with E-state index in [1.54, 1.807) is 6.20 Å². The Morgan fingerprint density at radius 2 is 2.11 bits per heavy atom. The maximum Gasteiger partial charge on any atom is 0.234 e. The topological polar surface area (TPSA) is 77.0 Å². The molecule has 7 nitrogen and oxygen atoms in total. The van der Waals surface area contributed by atoms with Crippen molar-refractivity contribution in [2.24, 2.45) is 0 Å². The molecule has 2 atom stereocenters. The molecule has 0 aromatic carbocycles. The molecule has 1 aliphatic heterocycles. The maximum atomic E-state index is 12.7. The average Bonchev–Trinajstić information content (AvgIpc) is 2.72. The molecule has 0 bridgehead atoms. The van der Waals surface area contributed by atoms with Crippen LogP contribution in [0.1, 0.15) is 32.6 Å². The summed E-state index contributed by atoms with van der Waals surface area (Å²) in [4.78, 5) is 17.4. The van der Waals surface area contributed by atoms with Crippen molar-refractivity contribution in [3.8, 4) is 11.8 Å². The summed E-state index contributed by atoms with van der Waals surface area (Å²) in [6.45, 7) is 4.84. The predicted molar refractivity (Wildman–Crippen MR) is 106 cm³/mol. The summed E-state index contributed by atoms with van der Waals surface area (Å²) in [5.74, 6) is 6.91. The highest BCUT2D eigenvalue weighted by Crippen LogP contribution is 2.14. The largest absolute Gasteiger partial charge is 0.354 e. The van der Waals surface area contributed by atoms with Crippen molar-refractivity contribution in [3.63, 3.8) is 0 Å². The highest BCUT2D eigenvalue weighted by molar-refractivity contribution is 7.82. The lowest BCUT2D eigenvalue weighted by Crippen LogP contribution is -2.49. The van der Waals surface area contributed by atoms with Gasteiger partial charge in [-0.3, -0.25) is 10.0 Å². The van der Waals surface area contributed by atoms with Gasteiger partial charge in [0.1, 0.15) is 11.9 Å². The molecule has 148 valence electrons. The van der Waals surface area contributed by atoms with Crippen LogP contribution in [0.5, 0.6) is 0 Å². The monoisotopic (exact) mass is 392 g/mol. The molecule has 27 heavy (non-hydrogen) atoms. The van der Waals surface area contributed by atoms with E-state index in [4.69, 9.17) is 0 Å². The Hall–Kier alpha value is -1.95. The third kappa shape index (κ3) is 6.94. The fraction of sp³-hybridized carbons (Fsp3) is 0.579. The Balaban J connectivity index is 1.86. The molecule has 1 aromatic heterocycles. The van der Waals surface area contributed by atoms with E-state index < -0.39 is 17.0 Å². The number of rotatable bonds is 9. The number of aromatic nitrogens is 1. The number of hydrogen-bond acceptors (Lipinski definition) is 5. The fourth-order valence-corrected chi connectivity index (χ4v) is 4.10. The minimum absolute atomic E-state index is 0.111. The van der Waals surface area contributed by atoms with Gasteiger partial charge >= 0.3 is 0 Å². The number of carbonyl (C=O) groups excluding carboxylic acids is 1. The van der Waals surface area contributed by atoms with E-state index in [0.29, 0.717) is 31.0 Å². The highest BCUT2D eigenvalue weighted by Gasteiger charge is 2.25. The van der Waals surface area contributed by atoms with Gasteiger partial charge in [-0.25, -0.2) is 18.6 Å². The number of hydrogen-bond donors (Lipinski definition) is 1. The fourth-order valence-electron chi connectivity index (χ4n) is 2.81. The minimum atomic E-state index is -1.32. The van der Waals surface area contributed by atoms with Crippen LogP contribution in [0.2, 0.25) is 0 Å². The van der Waals surface area contributed by atoms with Crippen molar-refractivity contribution >= 4 is 23.2 Å². The lowest BCUT2D eigenvalue weighted by Gasteiger charge is -2.34. The van der Waals surface area contributed by atoms with E-state index in [-0.39, 0.29) is 5.75 Å². The van der Waals surface area contributed by atoms with Gasteiger partial charge in [0.25, 0.3) is 0 Å². The van der Waals surface area contributed by atoms with Crippen LogP contribution in [0.4, 0.5) is 5.82 Å². The molecular weight excluding hydrogens is 364 g/mol. The molecule has 1 N–H and O–H groups in total. The Morgan fingerprint density at radius 3 is 2.74 bits per heavy atom. The molecule has 1 aliphatic rings. The molecule has 2 heterocycles. The van der Waals surface area contributed by atoms with Crippen LogP contribution >= 0.6 is 0 Å². The summed E-state index contributed by atoms with van der Waals surface area (Å²) in [5, 5.41) is 10.3. The number of amides is 1. The SMILES string of the molecule is CCCCCC#CC(CS(=O)N1CCN(c2ccccn2)CC1)N(O)C=O. The van der Waals surface area contributed by atoms with Crippen molar-refractivity contribution < 1.29 is 14.2 Å². The first-order valence-corrected chi connectivity index (χ1v) is 10.6. The summed E-state index contributed by atoms with van der Waals surface area (Å²) in [5.41, 5.74) is 0. The lowest BCUT2D eigenvalue weighted by molar-refractivity contribution is -0.153. The smallest absolute Gasteiger partial charge is 0.234 e. The first-order chi connectivity index (χ1) is 13.2. The third-order valence-electron chi connectivity index (χ3n) is 4.40. The number of carbonyl (C=O) groups is 1. The first kappa shape index (κ1) is 21.4. The summed E-state index contributed by atoms with van der Waals surface area (Å²) in [6, 6.07) is 5.04. The summed E-state index contributed by atoms with van der Waals surface area (Å²) >= 11 is 0. The molecule has 1 saturated heterocycles. The van der Waals surface area contributed by atoms with E-state index in [9.17, 15) is 14.2 Å². The quantitative estimate of drug-likeness (QED) is 0.227. The van der Waals surface area contributed by atoms with Crippen LogP contribution in [-0.2, 0) is 15.8 Å². The number of unbranched alkanes of at least 4 members (excludes halogenated alkanes) is 3. The van der Waals surface area contributed by atoms with Crippen LogP contribution in [-0.4, -0.2) is 68.2 Å². The number of hydroxylamine groups is 2. The van der Waals surface area contributed by atoms with Crippen LogP contribution in [0.3, 0.4) is 0 Å². The molecule has 1 aromatic rings. The second-order valence-corrected chi connectivity index (χ2v) is 7.86. The maximum absolute atomic E-state index is 12.7. The molecule has 2 unspecified atom stereocenters. The van der Waals surface area contributed by atoms with Crippen LogP contribution in [0.15, 0.2) is 24.4 Å². The van der Waals surface area contributed by atoms with Gasteiger partial charge in [0.15, 0.2) is 0 Å². The molecule has 0 spiro atoms. The second-order valence-electron chi connectivity index (χ2n) is 6.37. The lowest BCUT2D eigenvalue weighted by atomic mass is 10.2. The zero-order valence-corrected chi connectivity index (χ0v) is 16.6. The van der Waals surface area contributed by atoms with Gasteiger partial charge in [0.2, 0.25) is 6.41 Å². The van der Waals surface area contributed by atoms with Gasteiger partial charge < -0.3 is 4.90 Å². The zero-order valence-electron chi connectivity index (χ0n) is 15.8. The molecule has 1 fully saturated rings. The molecule has 0 saturated carbocycles. The first-order valence-electron chi connectivity index (χ1n) is 9.36. The predicted octanol–water partition coefficient (Wildman–Crippen LogP) is 1.67. The molecule has 8 heteroatoms. The highest BCUT2D eigenvalue weighted by atomic mass is 32.2. The van der Waals surface area contributed by atoms with Gasteiger partial charge in [-0.15, -0.1) is 5.92 Å². The minimum Gasteiger partial charge on any atom is -0.354 e. The van der Waals surface area contributed by atoms with E-state index in [1.807, 2.05) is 22.5 Å². The van der Waals surface area contributed by atoms with Crippen molar-refractivity contribution in [2.75, 3.05) is 36.8 Å². The molecule has 1 amide bonds. The van der Waals surface area contributed by atoms with Gasteiger partial charge in [0, 0.05) is 38.8 Å². The molecular formula is C19H28N4O3S. The standard InChI is InChI=1S/C19H28N4O3S/c1-2-3-4-5-6-9-18(23(25)17-24)16-27(26)22-14-12-21(13-15-22)19-10-7-8-11-20-19/h7-8,10-11,17-18,25H,2-5,12-16H2,1H3. The van der Waals surface area contributed by atoms with Crippen molar-refractivity contribution in [1.82, 2.24) is 14.4 Å². The van der Waals surface area contributed by atoms with Gasteiger partial charge in [-0.2, -0.15) is 0 Å². The van der Waals surface area contributed by atoms with Crippen LogP contribution < -0.4 is 4.90 Å². The van der Waals surface area contributed by atoms with Gasteiger partial charge in [-0.1, -0.05) is 31.8 Å². The van der Waals surface area contributed by atoms with Gasteiger partial charge in [-0.05, 0) is 18.6 Å². The number of piperazine rings is 1. The third-order valence-corrected chi connectivity index (χ3v) is 5.94. The average molecular weight is 393 g/mol. The van der Waals surface area contributed by atoms with E-state index >= 15 is 0 Å². The van der Waals surface area contributed by atoms with Crippen molar-refractivity contribution in [3.05, 3.63) is 24.4 Å². The van der Waals surface area contributed by atoms with Crippen LogP contribution in [0.25, 0.3) is 0 Å². The number of nitrogens with zero attached hydrogens (tertiary/aromatic N) is 4. The summed E-state index contributed by atoms with van der Waals surface area (Å²) < 4.78 is 14.6. The van der Waals surface area contributed by atoms with Crippen molar-refractivity contribution in [1.29, 1.82) is 0 Å². The Kier molecular flexibility index (Phi) is 9.25. The second kappa shape index (κ2) is 11.7. The van der Waals surface area contributed by atoms with Gasteiger partial charge in [0.05, 0.1) is 16.7 Å². The Labute approximate surface area is 163 Å². The zero-order chi connectivity index (χ0) is 19.5. The van der Waals surface area contributed by atoms with Crippen molar-refractivity contribution in [2.45, 2.75) is 38.6 Å². The van der Waals surface area contributed by atoms with E-state index in [2.05, 4.69) is 28.6 Å². The van der Waals surface area contributed by atoms with Crippen LogP contribution in [0, 0.1) is 11.8 Å². The molecule has 0 radical (unpaired) electrons. The summed E-state index contributed by atoms with van der Waals surface area (Å²) in [6.07, 6.45) is 6.00. The molecule has 0 aliphatic carbocycles. The Bertz CT molecular complexity index is 654. The normalized spacial score (nSPS) is 16.9. The number of anilines is 1.